The van der Waals surface area contributed by atoms with Crippen LogP contribution in [-0.2, 0) is 0 Å². The van der Waals surface area contributed by atoms with E-state index in [1.54, 1.807) is 18.2 Å². The van der Waals surface area contributed by atoms with E-state index in [0.29, 0.717) is 0 Å². The van der Waals surface area contributed by atoms with Crippen molar-refractivity contribution in [1.29, 1.82) is 0 Å². The Balaban J connectivity index is 2.23. The highest BCUT2D eigenvalue weighted by atomic mass is 19.3. The quantitative estimate of drug-likeness (QED) is 0.351. The molecule has 0 unspecified atom stereocenters. The predicted octanol–water partition coefficient (Wildman–Crippen LogP) is 2.85. The molecule has 2 rings (SSSR count). The van der Waals surface area contributed by atoms with Crippen molar-refractivity contribution in [1.82, 2.24) is 5.43 Å². The van der Waals surface area contributed by atoms with E-state index < -0.39 is 6.61 Å². The first kappa shape index (κ1) is 14.7. The Morgan fingerprint density at radius 3 is 2.38 bits per heavy atom. The lowest BCUT2D eigenvalue weighted by Crippen LogP contribution is -2.35. The highest BCUT2D eigenvalue weighted by Gasteiger charge is 2.09. The van der Waals surface area contributed by atoms with E-state index in [1.165, 1.54) is 6.07 Å². The SMILES string of the molecule is NNC(=Nc1ccccc1OC(F)F)Nc1ccccc1. The van der Waals surface area contributed by atoms with Crippen molar-refractivity contribution < 1.29 is 13.5 Å². The summed E-state index contributed by atoms with van der Waals surface area (Å²) in [5.41, 5.74) is 3.36. The number of aliphatic imine (C=N–C) groups is 1. The fourth-order valence-electron chi connectivity index (χ4n) is 1.62. The normalized spacial score (nSPS) is 11.3. The van der Waals surface area contributed by atoms with Gasteiger partial charge in [0.25, 0.3) is 0 Å². The number of guanidine groups is 1. The van der Waals surface area contributed by atoms with Gasteiger partial charge in [0.15, 0.2) is 5.75 Å². The molecule has 0 amide bonds. The molecule has 4 N–H and O–H groups in total. The fraction of sp³-hybridized carbons (Fsp3) is 0.0714. The molecule has 0 bridgehead atoms. The van der Waals surface area contributed by atoms with Crippen LogP contribution >= 0.6 is 0 Å². The molecule has 2 aromatic rings. The van der Waals surface area contributed by atoms with Crippen LogP contribution in [-0.4, -0.2) is 12.6 Å². The van der Waals surface area contributed by atoms with Gasteiger partial charge in [0, 0.05) is 5.69 Å². The molecule has 0 spiro atoms. The molecule has 0 heterocycles. The number of nitrogens with two attached hydrogens (primary N) is 1. The largest absolute Gasteiger partial charge is 0.433 e. The van der Waals surface area contributed by atoms with Crippen LogP contribution in [0.2, 0.25) is 0 Å². The molecule has 2 aromatic carbocycles. The number of halogens is 2. The van der Waals surface area contributed by atoms with Gasteiger partial charge in [-0.25, -0.2) is 10.8 Å². The van der Waals surface area contributed by atoms with E-state index in [9.17, 15) is 8.78 Å². The minimum Gasteiger partial charge on any atom is -0.433 e. The van der Waals surface area contributed by atoms with Gasteiger partial charge in [-0.05, 0) is 24.3 Å². The third-order valence-corrected chi connectivity index (χ3v) is 2.49. The number of anilines is 1. The lowest BCUT2D eigenvalue weighted by Gasteiger charge is -2.11. The summed E-state index contributed by atoms with van der Waals surface area (Å²) in [5.74, 6) is 5.56. The first-order chi connectivity index (χ1) is 10.2. The predicted molar refractivity (Wildman–Crippen MR) is 77.6 cm³/mol. The summed E-state index contributed by atoms with van der Waals surface area (Å²) in [6.45, 7) is -2.92. The Kier molecular flexibility index (Phi) is 5.05. The average molecular weight is 292 g/mol. The number of ether oxygens (including phenoxy) is 1. The van der Waals surface area contributed by atoms with Crippen molar-refractivity contribution in [2.75, 3.05) is 5.32 Å². The van der Waals surface area contributed by atoms with Crippen LogP contribution in [0.15, 0.2) is 59.6 Å². The summed E-state index contributed by atoms with van der Waals surface area (Å²) in [6.07, 6.45) is 0. The van der Waals surface area contributed by atoms with Gasteiger partial charge < -0.3 is 10.1 Å². The lowest BCUT2D eigenvalue weighted by molar-refractivity contribution is -0.0494. The zero-order chi connectivity index (χ0) is 15.1. The molecule has 21 heavy (non-hydrogen) atoms. The number of alkyl halides is 2. The van der Waals surface area contributed by atoms with Crippen LogP contribution in [0.1, 0.15) is 0 Å². The van der Waals surface area contributed by atoms with Crippen LogP contribution in [0.4, 0.5) is 20.2 Å². The van der Waals surface area contributed by atoms with Crippen LogP contribution in [0.3, 0.4) is 0 Å². The van der Waals surface area contributed by atoms with E-state index >= 15 is 0 Å². The maximum Gasteiger partial charge on any atom is 0.387 e. The summed E-state index contributed by atoms with van der Waals surface area (Å²) in [4.78, 5) is 4.14. The Hall–Kier alpha value is -2.67. The summed E-state index contributed by atoms with van der Waals surface area (Å²) in [6, 6.07) is 15.4. The van der Waals surface area contributed by atoms with Crippen LogP contribution in [0.25, 0.3) is 0 Å². The lowest BCUT2D eigenvalue weighted by atomic mass is 10.3. The number of para-hydroxylation sites is 3. The van der Waals surface area contributed by atoms with E-state index in [1.807, 2.05) is 30.3 Å². The molecule has 0 aliphatic heterocycles. The smallest absolute Gasteiger partial charge is 0.387 e. The fourth-order valence-corrected chi connectivity index (χ4v) is 1.62. The minimum absolute atomic E-state index is 0.0323. The monoisotopic (exact) mass is 292 g/mol. The van der Waals surface area contributed by atoms with Crippen molar-refractivity contribution in [2.24, 2.45) is 10.8 Å². The summed E-state index contributed by atoms with van der Waals surface area (Å²) in [7, 11) is 0. The van der Waals surface area contributed by atoms with Crippen molar-refractivity contribution in [2.45, 2.75) is 6.61 Å². The topological polar surface area (TPSA) is 71.7 Å². The number of nitrogens with one attached hydrogen (secondary N) is 2. The summed E-state index contributed by atoms with van der Waals surface area (Å²) in [5, 5.41) is 2.93. The van der Waals surface area contributed by atoms with Crippen molar-refractivity contribution >= 4 is 17.3 Å². The van der Waals surface area contributed by atoms with Gasteiger partial charge in [-0.2, -0.15) is 8.78 Å². The molecule has 5 nitrogen and oxygen atoms in total. The molecular formula is C14H14F2N4O. The third kappa shape index (κ3) is 4.43. The van der Waals surface area contributed by atoms with E-state index in [0.717, 1.165) is 5.69 Å². The molecule has 0 aliphatic carbocycles. The number of hydrogen-bond acceptors (Lipinski definition) is 3. The van der Waals surface area contributed by atoms with Gasteiger partial charge in [0.05, 0.1) is 0 Å². The molecule has 0 radical (unpaired) electrons. The van der Waals surface area contributed by atoms with Gasteiger partial charge in [0.1, 0.15) is 5.69 Å². The van der Waals surface area contributed by atoms with Crippen molar-refractivity contribution in [3.05, 3.63) is 54.6 Å². The van der Waals surface area contributed by atoms with Gasteiger partial charge in [-0.3, -0.25) is 5.43 Å². The average Bonchev–Trinajstić information content (AvgIpc) is 2.49. The number of nitrogens with zero attached hydrogens (tertiary/aromatic N) is 1. The molecule has 7 heteroatoms. The van der Waals surface area contributed by atoms with Crippen LogP contribution < -0.4 is 21.3 Å². The third-order valence-electron chi connectivity index (χ3n) is 2.49. The maximum atomic E-state index is 12.3. The highest BCUT2D eigenvalue weighted by Crippen LogP contribution is 2.28. The van der Waals surface area contributed by atoms with Gasteiger partial charge in [-0.15, -0.1) is 0 Å². The molecule has 0 fully saturated rings. The maximum absolute atomic E-state index is 12.3. The minimum atomic E-state index is -2.92. The van der Waals surface area contributed by atoms with E-state index in [-0.39, 0.29) is 17.4 Å². The summed E-state index contributed by atoms with van der Waals surface area (Å²) < 4.78 is 29.1. The van der Waals surface area contributed by atoms with E-state index in [4.69, 9.17) is 5.84 Å². The second-order valence-electron chi connectivity index (χ2n) is 3.94. The number of rotatable bonds is 4. The number of benzene rings is 2. The molecular weight excluding hydrogens is 278 g/mol. The molecule has 0 aliphatic rings. The Morgan fingerprint density at radius 1 is 1.05 bits per heavy atom. The second kappa shape index (κ2) is 7.20. The zero-order valence-corrected chi connectivity index (χ0v) is 11.0. The molecule has 0 atom stereocenters. The van der Waals surface area contributed by atoms with Crippen LogP contribution in [0.5, 0.6) is 5.75 Å². The first-order valence-corrected chi connectivity index (χ1v) is 6.10. The first-order valence-electron chi connectivity index (χ1n) is 6.10. The van der Waals surface area contributed by atoms with E-state index in [2.05, 4.69) is 20.5 Å². The number of hydrazine groups is 1. The standard InChI is InChI=1S/C14H14F2N4O/c15-13(16)21-12-9-5-4-8-11(12)19-14(20-17)18-10-6-2-1-3-7-10/h1-9,13H,17H2,(H2,18,19,20). The van der Waals surface area contributed by atoms with Crippen molar-refractivity contribution in [3.63, 3.8) is 0 Å². The Labute approximate surface area is 120 Å². The summed E-state index contributed by atoms with van der Waals surface area (Å²) >= 11 is 0. The van der Waals surface area contributed by atoms with Gasteiger partial charge in [-0.1, -0.05) is 30.3 Å². The molecule has 0 saturated carbocycles. The van der Waals surface area contributed by atoms with Gasteiger partial charge in [0.2, 0.25) is 5.96 Å². The second-order valence-corrected chi connectivity index (χ2v) is 3.94. The Bertz CT molecular complexity index is 605. The number of hydrogen-bond donors (Lipinski definition) is 3. The van der Waals surface area contributed by atoms with Crippen molar-refractivity contribution in [3.8, 4) is 5.75 Å². The van der Waals surface area contributed by atoms with Crippen LogP contribution in [0, 0.1) is 0 Å². The Morgan fingerprint density at radius 2 is 1.71 bits per heavy atom. The molecule has 110 valence electrons. The molecule has 0 saturated heterocycles. The molecule has 0 aromatic heterocycles. The highest BCUT2D eigenvalue weighted by molar-refractivity contribution is 5.95. The zero-order valence-electron chi connectivity index (χ0n) is 11.0. The van der Waals surface area contributed by atoms with Gasteiger partial charge >= 0.3 is 6.61 Å².